The Morgan fingerprint density at radius 2 is 1.84 bits per heavy atom. The quantitative estimate of drug-likeness (QED) is 0.624. The lowest BCUT2D eigenvalue weighted by Crippen LogP contribution is -2.59. The molecule has 1 rings (SSSR count). The standard InChI is InChI=1S/C13H24N2O3.ClH/c1-2-3-9-14-12(18)13(15-10-11(16)17)7-5-4-6-8-13;/h15H,2-10H2,1H3,(H,14,18)(H,16,17);1H. The molecular weight excluding hydrogens is 268 g/mol. The van der Waals surface area contributed by atoms with Gasteiger partial charge in [0.25, 0.3) is 0 Å². The molecule has 0 saturated heterocycles. The second-order valence-electron chi connectivity index (χ2n) is 5.00. The van der Waals surface area contributed by atoms with Crippen LogP contribution in [0, 0.1) is 0 Å². The SMILES string of the molecule is CCCCNC(=O)C1(NCC(=O)O)CCCCC1.Cl. The summed E-state index contributed by atoms with van der Waals surface area (Å²) in [4.78, 5) is 22.9. The van der Waals surface area contributed by atoms with Gasteiger partial charge in [-0.05, 0) is 19.3 Å². The Kier molecular flexibility index (Phi) is 8.76. The van der Waals surface area contributed by atoms with Crippen molar-refractivity contribution >= 4 is 24.3 Å². The van der Waals surface area contributed by atoms with E-state index in [4.69, 9.17) is 5.11 Å². The predicted octanol–water partition coefficient (Wildman–Crippen LogP) is 1.70. The first-order chi connectivity index (χ1) is 8.60. The Morgan fingerprint density at radius 1 is 1.21 bits per heavy atom. The molecule has 112 valence electrons. The molecule has 0 aromatic rings. The van der Waals surface area contributed by atoms with E-state index in [1.54, 1.807) is 0 Å². The minimum Gasteiger partial charge on any atom is -0.480 e. The van der Waals surface area contributed by atoms with Gasteiger partial charge in [-0.25, -0.2) is 0 Å². The number of hydrogen-bond donors (Lipinski definition) is 3. The van der Waals surface area contributed by atoms with Gasteiger partial charge in [0.1, 0.15) is 0 Å². The Labute approximate surface area is 120 Å². The van der Waals surface area contributed by atoms with Gasteiger partial charge in [0, 0.05) is 6.54 Å². The molecule has 0 radical (unpaired) electrons. The van der Waals surface area contributed by atoms with Crippen molar-refractivity contribution in [2.75, 3.05) is 13.1 Å². The van der Waals surface area contributed by atoms with Crippen LogP contribution < -0.4 is 10.6 Å². The average Bonchev–Trinajstić information content (AvgIpc) is 2.37. The second kappa shape index (κ2) is 9.15. The zero-order chi connectivity index (χ0) is 13.4. The van der Waals surface area contributed by atoms with Gasteiger partial charge in [-0.3, -0.25) is 14.9 Å². The van der Waals surface area contributed by atoms with Crippen molar-refractivity contribution < 1.29 is 14.7 Å². The average molecular weight is 293 g/mol. The summed E-state index contributed by atoms with van der Waals surface area (Å²) in [5, 5.41) is 14.6. The second-order valence-corrected chi connectivity index (χ2v) is 5.00. The van der Waals surface area contributed by atoms with Crippen LogP contribution in [0.5, 0.6) is 0 Å². The smallest absolute Gasteiger partial charge is 0.317 e. The largest absolute Gasteiger partial charge is 0.480 e. The molecule has 0 aliphatic heterocycles. The molecule has 1 fully saturated rings. The molecule has 0 atom stereocenters. The van der Waals surface area contributed by atoms with E-state index in [0.29, 0.717) is 6.54 Å². The van der Waals surface area contributed by atoms with Gasteiger partial charge in [-0.15, -0.1) is 12.4 Å². The number of carboxylic acids is 1. The van der Waals surface area contributed by atoms with E-state index in [1.807, 2.05) is 0 Å². The molecule has 19 heavy (non-hydrogen) atoms. The van der Waals surface area contributed by atoms with Crippen LogP contribution in [0.4, 0.5) is 0 Å². The van der Waals surface area contributed by atoms with Gasteiger partial charge in [-0.1, -0.05) is 32.6 Å². The van der Waals surface area contributed by atoms with Crippen molar-refractivity contribution in [3.63, 3.8) is 0 Å². The molecule has 0 unspecified atom stereocenters. The molecule has 0 spiro atoms. The van der Waals surface area contributed by atoms with Crippen molar-refractivity contribution in [2.45, 2.75) is 57.4 Å². The minimum absolute atomic E-state index is 0. The number of carbonyl (C=O) groups is 2. The molecule has 0 heterocycles. The first-order valence-electron chi connectivity index (χ1n) is 6.86. The Balaban J connectivity index is 0.00000324. The van der Waals surface area contributed by atoms with Gasteiger partial charge >= 0.3 is 5.97 Å². The minimum atomic E-state index is -0.915. The zero-order valence-electron chi connectivity index (χ0n) is 11.5. The zero-order valence-corrected chi connectivity index (χ0v) is 12.4. The van der Waals surface area contributed by atoms with E-state index in [9.17, 15) is 9.59 Å². The molecule has 0 aromatic carbocycles. The van der Waals surface area contributed by atoms with Crippen molar-refractivity contribution in [3.8, 4) is 0 Å². The van der Waals surface area contributed by atoms with E-state index >= 15 is 0 Å². The van der Waals surface area contributed by atoms with Gasteiger partial charge < -0.3 is 10.4 Å². The number of aliphatic carboxylic acids is 1. The molecule has 1 aliphatic rings. The topological polar surface area (TPSA) is 78.4 Å². The molecular formula is C13H25ClN2O3. The van der Waals surface area contributed by atoms with E-state index in [-0.39, 0.29) is 24.9 Å². The summed E-state index contributed by atoms with van der Waals surface area (Å²) in [5.41, 5.74) is -0.662. The van der Waals surface area contributed by atoms with Crippen molar-refractivity contribution in [1.82, 2.24) is 10.6 Å². The highest BCUT2D eigenvalue weighted by Gasteiger charge is 2.39. The summed E-state index contributed by atoms with van der Waals surface area (Å²) in [7, 11) is 0. The molecule has 1 amide bonds. The van der Waals surface area contributed by atoms with Crippen molar-refractivity contribution in [2.24, 2.45) is 0 Å². The highest BCUT2D eigenvalue weighted by Crippen LogP contribution is 2.28. The number of halogens is 1. The number of hydrogen-bond acceptors (Lipinski definition) is 3. The Morgan fingerprint density at radius 3 is 2.37 bits per heavy atom. The van der Waals surface area contributed by atoms with Gasteiger partial charge in [0.05, 0.1) is 12.1 Å². The fraction of sp³-hybridized carbons (Fsp3) is 0.846. The Bertz CT molecular complexity index is 292. The lowest BCUT2D eigenvalue weighted by molar-refractivity contribution is -0.137. The normalized spacial score (nSPS) is 17.3. The molecule has 3 N–H and O–H groups in total. The Hall–Kier alpha value is -0.810. The number of carbonyl (C=O) groups excluding carboxylic acids is 1. The van der Waals surface area contributed by atoms with Crippen LogP contribution in [-0.4, -0.2) is 35.6 Å². The summed E-state index contributed by atoms with van der Waals surface area (Å²) in [6.07, 6.45) is 6.55. The van der Waals surface area contributed by atoms with E-state index in [2.05, 4.69) is 17.6 Å². The highest BCUT2D eigenvalue weighted by molar-refractivity contribution is 5.87. The maximum absolute atomic E-state index is 12.2. The third-order valence-corrected chi connectivity index (χ3v) is 3.54. The van der Waals surface area contributed by atoms with Crippen LogP contribution in [0.25, 0.3) is 0 Å². The van der Waals surface area contributed by atoms with Gasteiger partial charge in [0.2, 0.25) is 5.91 Å². The van der Waals surface area contributed by atoms with Crippen LogP contribution in [0.15, 0.2) is 0 Å². The first-order valence-corrected chi connectivity index (χ1v) is 6.86. The third-order valence-electron chi connectivity index (χ3n) is 3.54. The lowest BCUT2D eigenvalue weighted by Gasteiger charge is -2.36. The van der Waals surface area contributed by atoms with Crippen LogP contribution in [-0.2, 0) is 9.59 Å². The highest BCUT2D eigenvalue weighted by atomic mass is 35.5. The maximum Gasteiger partial charge on any atom is 0.317 e. The monoisotopic (exact) mass is 292 g/mol. The van der Waals surface area contributed by atoms with Crippen LogP contribution >= 0.6 is 12.4 Å². The summed E-state index contributed by atoms with van der Waals surface area (Å²) in [5.74, 6) is -0.946. The fourth-order valence-electron chi connectivity index (χ4n) is 2.43. The summed E-state index contributed by atoms with van der Waals surface area (Å²) < 4.78 is 0. The summed E-state index contributed by atoms with van der Waals surface area (Å²) in [6, 6.07) is 0. The molecule has 1 saturated carbocycles. The number of amides is 1. The summed E-state index contributed by atoms with van der Waals surface area (Å²) in [6.45, 7) is 2.60. The fourth-order valence-corrected chi connectivity index (χ4v) is 2.43. The van der Waals surface area contributed by atoms with Crippen LogP contribution in [0.2, 0.25) is 0 Å². The van der Waals surface area contributed by atoms with Gasteiger partial charge in [0.15, 0.2) is 0 Å². The van der Waals surface area contributed by atoms with Crippen molar-refractivity contribution in [3.05, 3.63) is 0 Å². The van der Waals surface area contributed by atoms with E-state index in [0.717, 1.165) is 44.9 Å². The maximum atomic E-state index is 12.2. The molecule has 1 aliphatic carbocycles. The lowest BCUT2D eigenvalue weighted by atomic mass is 9.80. The predicted molar refractivity (Wildman–Crippen MR) is 76.6 cm³/mol. The number of unbranched alkanes of at least 4 members (excludes halogenated alkanes) is 1. The van der Waals surface area contributed by atoms with E-state index in [1.165, 1.54) is 0 Å². The molecule has 6 heteroatoms. The number of rotatable bonds is 7. The molecule has 0 aromatic heterocycles. The third kappa shape index (κ3) is 5.78. The van der Waals surface area contributed by atoms with Gasteiger partial charge in [-0.2, -0.15) is 0 Å². The van der Waals surface area contributed by atoms with Crippen molar-refractivity contribution in [1.29, 1.82) is 0 Å². The summed E-state index contributed by atoms with van der Waals surface area (Å²) >= 11 is 0. The number of nitrogens with one attached hydrogen (secondary N) is 2. The van der Waals surface area contributed by atoms with Crippen LogP contribution in [0.3, 0.4) is 0 Å². The van der Waals surface area contributed by atoms with E-state index < -0.39 is 11.5 Å². The molecule has 0 bridgehead atoms. The van der Waals surface area contributed by atoms with Crippen LogP contribution in [0.1, 0.15) is 51.9 Å². The molecule has 5 nitrogen and oxygen atoms in total. The first kappa shape index (κ1) is 18.2. The number of carboxylic acid groups (broad SMARTS) is 1.